The zero-order valence-corrected chi connectivity index (χ0v) is 15.6. The molecule has 0 aliphatic carbocycles. The van der Waals surface area contributed by atoms with E-state index in [0.717, 1.165) is 5.56 Å². The fourth-order valence-electron chi connectivity index (χ4n) is 2.30. The molecule has 2 aromatic heterocycles. The fourth-order valence-corrected chi connectivity index (χ4v) is 3.06. The average molecular weight is 389 g/mol. The van der Waals surface area contributed by atoms with Gasteiger partial charge in [0.25, 0.3) is 5.91 Å². The predicted molar refractivity (Wildman–Crippen MR) is 103 cm³/mol. The SMILES string of the molecule is CC(NC(=O)c1cccs1)C(=O)Nc1ccnn1Cc1ccc(Cl)cc1. The molecule has 1 unspecified atom stereocenters. The molecule has 3 aromatic rings. The summed E-state index contributed by atoms with van der Waals surface area (Å²) >= 11 is 7.22. The van der Waals surface area contributed by atoms with Gasteiger partial charge in [0.2, 0.25) is 5.91 Å². The molecule has 26 heavy (non-hydrogen) atoms. The Balaban J connectivity index is 1.61. The molecule has 3 rings (SSSR count). The molecule has 2 amide bonds. The third-order valence-electron chi connectivity index (χ3n) is 3.70. The van der Waals surface area contributed by atoms with Gasteiger partial charge in [0.1, 0.15) is 11.9 Å². The molecule has 1 aromatic carbocycles. The summed E-state index contributed by atoms with van der Waals surface area (Å²) in [7, 11) is 0. The van der Waals surface area contributed by atoms with Crippen LogP contribution < -0.4 is 10.6 Å². The maximum absolute atomic E-state index is 12.4. The Kier molecular flexibility index (Phi) is 5.70. The van der Waals surface area contributed by atoms with Crippen molar-refractivity contribution in [2.45, 2.75) is 19.5 Å². The van der Waals surface area contributed by atoms with Crippen LogP contribution in [0, 0.1) is 0 Å². The van der Waals surface area contributed by atoms with Crippen molar-refractivity contribution in [3.05, 3.63) is 69.5 Å². The molecular weight excluding hydrogens is 372 g/mol. The van der Waals surface area contributed by atoms with Gasteiger partial charge >= 0.3 is 0 Å². The van der Waals surface area contributed by atoms with E-state index in [4.69, 9.17) is 11.6 Å². The van der Waals surface area contributed by atoms with Crippen molar-refractivity contribution in [2.75, 3.05) is 5.32 Å². The maximum atomic E-state index is 12.4. The number of thiophene rings is 1. The largest absolute Gasteiger partial charge is 0.340 e. The fraction of sp³-hybridized carbons (Fsp3) is 0.167. The number of benzene rings is 1. The highest BCUT2D eigenvalue weighted by Gasteiger charge is 2.18. The molecular formula is C18H17ClN4O2S. The van der Waals surface area contributed by atoms with E-state index in [1.165, 1.54) is 11.3 Å². The molecule has 0 radical (unpaired) electrons. The lowest BCUT2D eigenvalue weighted by molar-refractivity contribution is -0.117. The first kappa shape index (κ1) is 18.2. The molecule has 8 heteroatoms. The van der Waals surface area contributed by atoms with Crippen LogP contribution in [0.4, 0.5) is 5.82 Å². The molecule has 0 bridgehead atoms. The van der Waals surface area contributed by atoms with Gasteiger partial charge in [-0.2, -0.15) is 5.10 Å². The second-order valence-electron chi connectivity index (χ2n) is 5.66. The number of carbonyl (C=O) groups is 2. The van der Waals surface area contributed by atoms with Crippen molar-refractivity contribution in [3.8, 4) is 0 Å². The van der Waals surface area contributed by atoms with Crippen molar-refractivity contribution in [1.82, 2.24) is 15.1 Å². The molecule has 0 aliphatic rings. The molecule has 2 heterocycles. The lowest BCUT2D eigenvalue weighted by atomic mass is 10.2. The van der Waals surface area contributed by atoms with Crippen molar-refractivity contribution in [3.63, 3.8) is 0 Å². The third kappa shape index (κ3) is 4.50. The molecule has 0 fully saturated rings. The highest BCUT2D eigenvalue weighted by molar-refractivity contribution is 7.12. The first-order valence-corrected chi connectivity index (χ1v) is 9.20. The minimum absolute atomic E-state index is 0.266. The van der Waals surface area contributed by atoms with Crippen molar-refractivity contribution in [2.24, 2.45) is 0 Å². The van der Waals surface area contributed by atoms with E-state index in [0.29, 0.717) is 22.3 Å². The number of hydrogen-bond donors (Lipinski definition) is 2. The van der Waals surface area contributed by atoms with Gasteiger partial charge in [0, 0.05) is 11.1 Å². The Bertz CT molecular complexity index is 890. The highest BCUT2D eigenvalue weighted by atomic mass is 35.5. The number of halogens is 1. The number of nitrogens with zero attached hydrogens (tertiary/aromatic N) is 2. The molecule has 1 atom stereocenters. The number of hydrogen-bond acceptors (Lipinski definition) is 4. The summed E-state index contributed by atoms with van der Waals surface area (Å²) in [5, 5.41) is 12.2. The summed E-state index contributed by atoms with van der Waals surface area (Å²) in [5.74, 6) is -0.0211. The first-order valence-electron chi connectivity index (χ1n) is 7.94. The topological polar surface area (TPSA) is 76.0 Å². The molecule has 0 spiro atoms. The van der Waals surface area contributed by atoms with E-state index < -0.39 is 6.04 Å². The zero-order valence-electron chi connectivity index (χ0n) is 14.0. The summed E-state index contributed by atoms with van der Waals surface area (Å²) in [5.41, 5.74) is 1.01. The molecule has 0 saturated carbocycles. The van der Waals surface area contributed by atoms with Gasteiger partial charge in [0.15, 0.2) is 0 Å². The second-order valence-corrected chi connectivity index (χ2v) is 7.05. The van der Waals surface area contributed by atoms with Crippen LogP contribution in [-0.4, -0.2) is 27.6 Å². The van der Waals surface area contributed by atoms with Gasteiger partial charge in [-0.25, -0.2) is 4.68 Å². The quantitative estimate of drug-likeness (QED) is 0.679. The van der Waals surface area contributed by atoms with Crippen LogP contribution >= 0.6 is 22.9 Å². The molecule has 6 nitrogen and oxygen atoms in total. The van der Waals surface area contributed by atoms with E-state index in [1.54, 1.807) is 48.1 Å². The van der Waals surface area contributed by atoms with Gasteiger partial charge in [-0.15, -0.1) is 11.3 Å². The molecule has 0 aliphatic heterocycles. The van der Waals surface area contributed by atoms with Gasteiger partial charge in [-0.1, -0.05) is 29.8 Å². The van der Waals surface area contributed by atoms with E-state index >= 15 is 0 Å². The number of carbonyl (C=O) groups excluding carboxylic acids is 2. The molecule has 2 N–H and O–H groups in total. The third-order valence-corrected chi connectivity index (χ3v) is 4.82. The normalized spacial score (nSPS) is 11.8. The van der Waals surface area contributed by atoms with Crippen LogP contribution in [-0.2, 0) is 11.3 Å². The summed E-state index contributed by atoms with van der Waals surface area (Å²) in [6, 6.07) is 12.0. The van der Waals surface area contributed by atoms with Gasteiger partial charge < -0.3 is 10.6 Å². The van der Waals surface area contributed by atoms with Crippen LogP contribution in [0.5, 0.6) is 0 Å². The summed E-state index contributed by atoms with van der Waals surface area (Å²) in [6.07, 6.45) is 1.61. The van der Waals surface area contributed by atoms with Gasteiger partial charge in [-0.3, -0.25) is 9.59 Å². The highest BCUT2D eigenvalue weighted by Crippen LogP contribution is 2.14. The van der Waals surface area contributed by atoms with E-state index in [9.17, 15) is 9.59 Å². The monoisotopic (exact) mass is 388 g/mol. The van der Waals surface area contributed by atoms with Gasteiger partial charge in [0.05, 0.1) is 17.6 Å². The second kappa shape index (κ2) is 8.16. The Morgan fingerprint density at radius 1 is 1.23 bits per heavy atom. The summed E-state index contributed by atoms with van der Waals surface area (Å²) in [6.45, 7) is 2.14. The standard InChI is InChI=1S/C18H17ClN4O2S/c1-12(21-18(25)15-3-2-10-26-15)17(24)22-16-8-9-20-23(16)11-13-4-6-14(19)7-5-13/h2-10,12H,11H2,1H3,(H,21,25)(H,22,24). The van der Waals surface area contributed by atoms with Crippen LogP contribution in [0.25, 0.3) is 0 Å². The number of rotatable bonds is 6. The summed E-state index contributed by atoms with van der Waals surface area (Å²) in [4.78, 5) is 25.0. The van der Waals surface area contributed by atoms with Crippen LogP contribution in [0.2, 0.25) is 5.02 Å². The Labute approximate surface area is 159 Å². The Morgan fingerprint density at radius 3 is 2.69 bits per heavy atom. The maximum Gasteiger partial charge on any atom is 0.261 e. The lowest BCUT2D eigenvalue weighted by Gasteiger charge is -2.14. The van der Waals surface area contributed by atoms with Crippen molar-refractivity contribution < 1.29 is 9.59 Å². The number of amides is 2. The van der Waals surface area contributed by atoms with Crippen molar-refractivity contribution in [1.29, 1.82) is 0 Å². The van der Waals surface area contributed by atoms with Crippen molar-refractivity contribution >= 4 is 40.6 Å². The smallest absolute Gasteiger partial charge is 0.261 e. The lowest BCUT2D eigenvalue weighted by Crippen LogP contribution is -2.41. The molecule has 0 saturated heterocycles. The molecule has 134 valence electrons. The predicted octanol–water partition coefficient (Wildman–Crippen LogP) is 3.40. The number of aromatic nitrogens is 2. The van der Waals surface area contributed by atoms with Crippen LogP contribution in [0.15, 0.2) is 54.0 Å². The Morgan fingerprint density at radius 2 is 2.00 bits per heavy atom. The van der Waals surface area contributed by atoms with E-state index in [2.05, 4.69) is 15.7 Å². The first-order chi connectivity index (χ1) is 12.5. The van der Waals surface area contributed by atoms with Crippen LogP contribution in [0.1, 0.15) is 22.2 Å². The van der Waals surface area contributed by atoms with Crippen LogP contribution in [0.3, 0.4) is 0 Å². The summed E-state index contributed by atoms with van der Waals surface area (Å²) < 4.78 is 1.68. The average Bonchev–Trinajstić information content (AvgIpc) is 3.29. The number of anilines is 1. The van der Waals surface area contributed by atoms with E-state index in [-0.39, 0.29) is 11.8 Å². The Hall–Kier alpha value is -2.64. The minimum Gasteiger partial charge on any atom is -0.340 e. The zero-order chi connectivity index (χ0) is 18.5. The number of nitrogens with one attached hydrogen (secondary N) is 2. The van der Waals surface area contributed by atoms with Gasteiger partial charge in [-0.05, 0) is 36.1 Å². The minimum atomic E-state index is -0.677. The van der Waals surface area contributed by atoms with E-state index in [1.807, 2.05) is 17.5 Å².